The molecule has 0 saturated heterocycles. The van der Waals surface area contributed by atoms with Gasteiger partial charge in [0.1, 0.15) is 0 Å². The average molecular weight is 263 g/mol. The van der Waals surface area contributed by atoms with Gasteiger partial charge in [-0.15, -0.1) is 11.8 Å². The molecule has 0 aliphatic rings. The van der Waals surface area contributed by atoms with Gasteiger partial charge in [0.15, 0.2) is 0 Å². The number of halogens is 1. The lowest BCUT2D eigenvalue weighted by Gasteiger charge is -2.11. The first kappa shape index (κ1) is 12.5. The van der Waals surface area contributed by atoms with Crippen LogP contribution in [0, 0.1) is 0 Å². The molecule has 0 amide bonds. The van der Waals surface area contributed by atoms with Crippen molar-refractivity contribution in [2.75, 3.05) is 0 Å². The second kappa shape index (κ2) is 6.13. The van der Waals surface area contributed by atoms with Gasteiger partial charge in [-0.25, -0.2) is 0 Å². The van der Waals surface area contributed by atoms with E-state index in [2.05, 4.69) is 49.4 Å². The minimum atomic E-state index is 0.520. The fourth-order valence-electron chi connectivity index (χ4n) is 1.62. The first-order valence-corrected chi connectivity index (χ1v) is 7.09. The summed E-state index contributed by atoms with van der Waals surface area (Å²) in [5, 5.41) is 1.32. The Morgan fingerprint density at radius 3 is 2.29 bits per heavy atom. The number of benzene rings is 2. The summed E-state index contributed by atoms with van der Waals surface area (Å²) in [6.07, 6.45) is 0. The van der Waals surface area contributed by atoms with Gasteiger partial charge >= 0.3 is 0 Å². The van der Waals surface area contributed by atoms with E-state index < -0.39 is 0 Å². The molecule has 0 aliphatic carbocycles. The van der Waals surface area contributed by atoms with Crippen molar-refractivity contribution in [1.82, 2.24) is 0 Å². The van der Waals surface area contributed by atoms with Crippen LogP contribution in [0.2, 0.25) is 5.02 Å². The highest BCUT2D eigenvalue weighted by molar-refractivity contribution is 7.98. The lowest BCUT2D eigenvalue weighted by Crippen LogP contribution is -1.89. The minimum absolute atomic E-state index is 0.520. The number of hydrogen-bond donors (Lipinski definition) is 0. The molecule has 17 heavy (non-hydrogen) atoms. The normalized spacial score (nSPS) is 12.4. The van der Waals surface area contributed by atoms with Crippen molar-refractivity contribution >= 4 is 23.4 Å². The maximum atomic E-state index is 5.86. The standard InChI is InChI=1S/C15H15ClS/c1-12(14-5-3-2-4-6-14)17-11-13-7-9-15(16)10-8-13/h2-10,12H,11H2,1H3. The molecule has 1 atom stereocenters. The summed E-state index contributed by atoms with van der Waals surface area (Å²) in [6.45, 7) is 2.25. The molecule has 0 radical (unpaired) electrons. The molecule has 0 N–H and O–H groups in total. The number of rotatable bonds is 4. The van der Waals surface area contributed by atoms with Crippen LogP contribution in [0.5, 0.6) is 0 Å². The van der Waals surface area contributed by atoms with Gasteiger partial charge in [-0.05, 0) is 30.2 Å². The Labute approximate surface area is 112 Å². The zero-order chi connectivity index (χ0) is 12.1. The van der Waals surface area contributed by atoms with Gasteiger partial charge in [0.05, 0.1) is 0 Å². The molecule has 0 saturated carbocycles. The zero-order valence-electron chi connectivity index (χ0n) is 9.77. The summed E-state index contributed by atoms with van der Waals surface area (Å²) in [5.41, 5.74) is 2.70. The van der Waals surface area contributed by atoms with Crippen molar-refractivity contribution in [2.24, 2.45) is 0 Å². The predicted octanol–water partition coefficient (Wildman–Crippen LogP) is 5.33. The molecule has 0 bridgehead atoms. The Hall–Kier alpha value is -0.920. The Bertz CT molecular complexity index is 450. The summed E-state index contributed by atoms with van der Waals surface area (Å²) in [5.74, 6) is 1.02. The number of hydrogen-bond acceptors (Lipinski definition) is 1. The Kier molecular flexibility index (Phi) is 4.52. The van der Waals surface area contributed by atoms with Crippen molar-refractivity contribution < 1.29 is 0 Å². The van der Waals surface area contributed by atoms with Crippen LogP contribution in [0.25, 0.3) is 0 Å². The molecule has 2 aromatic carbocycles. The molecule has 88 valence electrons. The van der Waals surface area contributed by atoms with E-state index in [1.807, 2.05) is 23.9 Å². The van der Waals surface area contributed by atoms with Gasteiger partial charge in [0, 0.05) is 16.0 Å². The van der Waals surface area contributed by atoms with Crippen LogP contribution in [-0.4, -0.2) is 0 Å². The maximum Gasteiger partial charge on any atom is 0.0406 e. The van der Waals surface area contributed by atoms with Gasteiger partial charge in [-0.1, -0.05) is 54.1 Å². The third-order valence-corrected chi connectivity index (χ3v) is 4.21. The second-order valence-electron chi connectivity index (χ2n) is 3.99. The monoisotopic (exact) mass is 262 g/mol. The fraction of sp³-hybridized carbons (Fsp3) is 0.200. The minimum Gasteiger partial charge on any atom is -0.149 e. The van der Waals surface area contributed by atoms with Crippen LogP contribution in [0.15, 0.2) is 54.6 Å². The summed E-state index contributed by atoms with van der Waals surface area (Å²) in [7, 11) is 0. The summed E-state index contributed by atoms with van der Waals surface area (Å²) in [4.78, 5) is 0. The first-order valence-electron chi connectivity index (χ1n) is 5.66. The molecule has 0 fully saturated rings. The topological polar surface area (TPSA) is 0 Å². The second-order valence-corrected chi connectivity index (χ2v) is 5.76. The lowest BCUT2D eigenvalue weighted by molar-refractivity contribution is 1.09. The Balaban J connectivity index is 1.92. The predicted molar refractivity (Wildman–Crippen MR) is 77.6 cm³/mol. The van der Waals surface area contributed by atoms with Crippen molar-refractivity contribution in [3.63, 3.8) is 0 Å². The van der Waals surface area contributed by atoms with Gasteiger partial charge in [-0.2, -0.15) is 0 Å². The summed E-state index contributed by atoms with van der Waals surface area (Å²) in [6, 6.07) is 18.7. The molecule has 2 aromatic rings. The first-order chi connectivity index (χ1) is 8.25. The van der Waals surface area contributed by atoms with Gasteiger partial charge in [0.2, 0.25) is 0 Å². The molecule has 2 heteroatoms. The zero-order valence-corrected chi connectivity index (χ0v) is 11.3. The van der Waals surface area contributed by atoms with Crippen LogP contribution < -0.4 is 0 Å². The SMILES string of the molecule is CC(SCc1ccc(Cl)cc1)c1ccccc1. The van der Waals surface area contributed by atoms with Crippen LogP contribution >= 0.6 is 23.4 Å². The maximum absolute atomic E-state index is 5.86. The molecule has 0 aliphatic heterocycles. The number of thioether (sulfide) groups is 1. The van der Waals surface area contributed by atoms with E-state index >= 15 is 0 Å². The van der Waals surface area contributed by atoms with Crippen LogP contribution in [0.1, 0.15) is 23.3 Å². The molecular weight excluding hydrogens is 248 g/mol. The molecular formula is C15H15ClS. The third-order valence-electron chi connectivity index (χ3n) is 2.68. The molecule has 2 rings (SSSR count). The van der Waals surface area contributed by atoms with E-state index in [4.69, 9.17) is 11.6 Å². The van der Waals surface area contributed by atoms with E-state index in [1.165, 1.54) is 11.1 Å². The molecule has 1 unspecified atom stereocenters. The van der Waals surface area contributed by atoms with E-state index in [0.717, 1.165) is 10.8 Å². The molecule has 0 aromatic heterocycles. The lowest BCUT2D eigenvalue weighted by atomic mass is 10.2. The third kappa shape index (κ3) is 3.79. The van der Waals surface area contributed by atoms with Crippen molar-refractivity contribution in [2.45, 2.75) is 17.9 Å². The summed E-state index contributed by atoms with van der Waals surface area (Å²) < 4.78 is 0. The van der Waals surface area contributed by atoms with Crippen molar-refractivity contribution in [1.29, 1.82) is 0 Å². The van der Waals surface area contributed by atoms with E-state index in [-0.39, 0.29) is 0 Å². The van der Waals surface area contributed by atoms with Crippen LogP contribution in [0.4, 0.5) is 0 Å². The molecule has 0 nitrogen and oxygen atoms in total. The highest BCUT2D eigenvalue weighted by Crippen LogP contribution is 2.30. The highest BCUT2D eigenvalue weighted by Gasteiger charge is 2.05. The van der Waals surface area contributed by atoms with Gasteiger partial charge in [0.25, 0.3) is 0 Å². The van der Waals surface area contributed by atoms with Crippen LogP contribution in [0.3, 0.4) is 0 Å². The van der Waals surface area contributed by atoms with E-state index in [9.17, 15) is 0 Å². The molecule has 0 spiro atoms. The summed E-state index contributed by atoms with van der Waals surface area (Å²) >= 11 is 7.81. The van der Waals surface area contributed by atoms with Gasteiger partial charge < -0.3 is 0 Å². The van der Waals surface area contributed by atoms with Crippen molar-refractivity contribution in [3.8, 4) is 0 Å². The fourth-order valence-corrected chi connectivity index (χ4v) is 2.73. The van der Waals surface area contributed by atoms with Gasteiger partial charge in [-0.3, -0.25) is 0 Å². The highest BCUT2D eigenvalue weighted by atomic mass is 35.5. The van der Waals surface area contributed by atoms with E-state index in [1.54, 1.807) is 0 Å². The van der Waals surface area contributed by atoms with Crippen molar-refractivity contribution in [3.05, 3.63) is 70.7 Å². The Morgan fingerprint density at radius 1 is 1.00 bits per heavy atom. The molecule has 0 heterocycles. The quantitative estimate of drug-likeness (QED) is 0.717. The van der Waals surface area contributed by atoms with E-state index in [0.29, 0.717) is 5.25 Å². The van der Waals surface area contributed by atoms with Crippen LogP contribution in [-0.2, 0) is 5.75 Å². The smallest absolute Gasteiger partial charge is 0.0406 e. The largest absolute Gasteiger partial charge is 0.149 e. The average Bonchev–Trinajstić information content (AvgIpc) is 2.39. The Morgan fingerprint density at radius 2 is 1.65 bits per heavy atom.